The average molecular weight is 893 g/mol. The maximum atomic E-state index is 7.10. The second-order valence-electron chi connectivity index (χ2n) is 9.47. The first-order chi connectivity index (χ1) is 18.4. The second-order valence-corrected chi connectivity index (χ2v) is 9.47. The Balaban J connectivity index is 0.000000216. The molecule has 0 atom stereocenters. The van der Waals surface area contributed by atoms with E-state index in [-0.39, 0.29) is 44.8 Å². The van der Waals surface area contributed by atoms with Gasteiger partial charge in [0.1, 0.15) is 22.3 Å². The number of nitrogens with zero attached hydrogens (tertiary/aromatic N) is 2. The van der Waals surface area contributed by atoms with Gasteiger partial charge in [-0.05, 0) is 52.5 Å². The molecule has 0 saturated carbocycles. The zero-order chi connectivity index (χ0) is 27.1. The number of hydrogen-bond donors (Lipinski definition) is 0. The van der Waals surface area contributed by atoms with Gasteiger partial charge in [-0.2, -0.15) is 0 Å². The quantitative estimate of drug-likeness (QED) is 0.108. The summed E-state index contributed by atoms with van der Waals surface area (Å²) in [5.74, 6) is 4.76. The molecule has 4 aromatic carbocycles. The molecule has 6 heteroatoms. The predicted molar refractivity (Wildman–Crippen MR) is 157 cm³/mol. The van der Waals surface area contributed by atoms with Crippen LogP contribution < -0.4 is 0 Å². The van der Waals surface area contributed by atoms with E-state index in [0.29, 0.717) is 0 Å². The van der Waals surface area contributed by atoms with Gasteiger partial charge in [-0.15, -0.1) is 35.4 Å². The summed E-state index contributed by atoms with van der Waals surface area (Å²) in [5.41, 5.74) is 5.03. The summed E-state index contributed by atoms with van der Waals surface area (Å²) in [6, 6.07) is 27.1. The van der Waals surface area contributed by atoms with Crippen LogP contribution in [0.1, 0.15) is 11.1 Å². The summed E-state index contributed by atoms with van der Waals surface area (Å²) < 4.78 is 11.3. The molecule has 2 heterocycles. The number of para-hydroxylation sites is 2. The third-order valence-electron chi connectivity index (χ3n) is 6.04. The van der Waals surface area contributed by atoms with Gasteiger partial charge in [0.15, 0.2) is 0 Å². The van der Waals surface area contributed by atoms with Crippen molar-refractivity contribution in [2.45, 2.75) is 0 Å². The van der Waals surface area contributed by atoms with Crippen molar-refractivity contribution in [3.63, 3.8) is 0 Å². The minimum absolute atomic E-state index is 0. The van der Waals surface area contributed by atoms with Crippen molar-refractivity contribution in [3.05, 3.63) is 109 Å². The number of benzene rings is 4. The van der Waals surface area contributed by atoms with E-state index in [0.717, 1.165) is 68.1 Å². The van der Waals surface area contributed by atoms with Gasteiger partial charge in [0.05, 0.1) is 0 Å². The molecule has 0 aliphatic heterocycles. The molecule has 2 aromatic heterocycles. The molecule has 0 fully saturated rings. The predicted octanol–water partition coefficient (Wildman–Crippen LogP) is 7.15. The van der Waals surface area contributed by atoms with E-state index in [1.54, 1.807) is 0 Å². The maximum absolute atomic E-state index is 7.10. The molecule has 6 rings (SSSR count). The molecule has 40 heavy (non-hydrogen) atoms. The van der Waals surface area contributed by atoms with Gasteiger partial charge in [0.2, 0.25) is 0 Å². The van der Waals surface area contributed by atoms with Gasteiger partial charge in [-0.25, -0.2) is 0 Å². The molecule has 0 amide bonds. The fourth-order valence-corrected chi connectivity index (χ4v) is 4.01. The smallest absolute Gasteiger partial charge is 0.135 e. The molecule has 6 aromatic rings. The van der Waals surface area contributed by atoms with Crippen LogP contribution in [0.4, 0.5) is 0 Å². The average Bonchev–Trinajstić information content (AvgIpc) is 3.50. The normalized spacial score (nSPS) is 10.2. The molecule has 0 aliphatic rings. The third-order valence-corrected chi connectivity index (χ3v) is 6.04. The topological polar surface area (TPSA) is 32.8 Å². The Morgan fingerprint density at radius 3 is 1.23 bits per heavy atom. The molecule has 0 spiro atoms. The van der Waals surface area contributed by atoms with Gasteiger partial charge >= 0.3 is 0 Å². The van der Waals surface area contributed by atoms with Crippen LogP contribution >= 0.6 is 0 Å². The number of rotatable bonds is 3. The first-order valence-electron chi connectivity index (χ1n) is 12.4. The number of hydrogen-bond acceptors (Lipinski definition) is 4. The van der Waals surface area contributed by atoms with Gasteiger partial charge in [0, 0.05) is 79.4 Å². The van der Waals surface area contributed by atoms with Gasteiger partial charge in [-0.1, -0.05) is 36.4 Å². The number of furan rings is 2. The molecule has 0 aliphatic carbocycles. The number of likely N-dealkylation sites (N-methyl/N-ethyl adjacent to an activating group) is 2. The molecule has 4 nitrogen and oxygen atoms in total. The van der Waals surface area contributed by atoms with Crippen molar-refractivity contribution < 1.29 is 53.6 Å². The van der Waals surface area contributed by atoms with E-state index in [1.165, 1.54) is 0 Å². The van der Waals surface area contributed by atoms with E-state index in [9.17, 15) is 0 Å². The Hall–Kier alpha value is -3.00. The SMILES string of the molecule is CN(C)CCN(C)C.[Au].[Au].[C-]#Cc1ccc2oc3ccccc3c2c1.[C-]#Cc1ccc2oc3ccccc3c2c1. The minimum Gasteiger partial charge on any atom is -0.456 e. The van der Waals surface area contributed by atoms with E-state index in [1.807, 2.05) is 84.9 Å². The van der Waals surface area contributed by atoms with Crippen molar-refractivity contribution in [2.75, 3.05) is 41.3 Å². The summed E-state index contributed by atoms with van der Waals surface area (Å²) in [5, 5.41) is 4.26. The molecular weight excluding hydrogens is 862 g/mol. The summed E-state index contributed by atoms with van der Waals surface area (Å²) in [6.45, 7) is 2.29. The third kappa shape index (κ3) is 8.26. The van der Waals surface area contributed by atoms with Crippen LogP contribution in [0.2, 0.25) is 0 Å². The monoisotopic (exact) mass is 892 g/mol. The van der Waals surface area contributed by atoms with Crippen LogP contribution in [0.25, 0.3) is 43.9 Å². The Morgan fingerprint density at radius 2 is 0.875 bits per heavy atom. The Labute approximate surface area is 267 Å². The van der Waals surface area contributed by atoms with Crippen molar-refractivity contribution in [1.29, 1.82) is 0 Å². The standard InChI is InChI=1S/2C14H7O.C6H16N2.2Au/c2*1-2-10-7-8-14-12(9-10)11-5-3-4-6-13(11)15-14;1-7(2)5-6-8(3)4;;/h2*3-9H;5-6H2,1-4H3;;/q2*-1;;;. The van der Waals surface area contributed by atoms with Crippen LogP contribution in [0.3, 0.4) is 0 Å². The van der Waals surface area contributed by atoms with Crippen LogP contribution in [0, 0.1) is 24.7 Å². The molecule has 0 saturated heterocycles. The fourth-order valence-electron chi connectivity index (χ4n) is 4.01. The largest absolute Gasteiger partial charge is 0.456 e. The van der Waals surface area contributed by atoms with Crippen LogP contribution in [-0.4, -0.2) is 51.1 Å². The Kier molecular flexibility index (Phi) is 13.0. The maximum Gasteiger partial charge on any atom is 0.135 e. The van der Waals surface area contributed by atoms with Crippen molar-refractivity contribution in [2.24, 2.45) is 0 Å². The molecule has 212 valence electrons. The zero-order valence-corrected chi connectivity index (χ0v) is 27.1. The second kappa shape index (κ2) is 15.7. The van der Waals surface area contributed by atoms with Crippen molar-refractivity contribution in [1.82, 2.24) is 9.80 Å². The van der Waals surface area contributed by atoms with Crippen LogP contribution in [0.5, 0.6) is 0 Å². The zero-order valence-electron chi connectivity index (χ0n) is 22.8. The Bertz CT molecular complexity index is 1640. The molecule has 0 bridgehead atoms. The Morgan fingerprint density at radius 1 is 0.525 bits per heavy atom. The molecule has 2 radical (unpaired) electrons. The summed E-state index contributed by atoms with van der Waals surface area (Å²) >= 11 is 0. The molecular formula is C34H30Au2N2O2-2. The van der Waals surface area contributed by atoms with Crippen molar-refractivity contribution in [3.8, 4) is 11.8 Å². The molecule has 0 N–H and O–H groups in total. The van der Waals surface area contributed by atoms with Crippen LogP contribution in [0.15, 0.2) is 93.8 Å². The van der Waals surface area contributed by atoms with E-state index in [2.05, 4.69) is 49.8 Å². The fraction of sp³-hybridized carbons (Fsp3) is 0.176. The van der Waals surface area contributed by atoms with Gasteiger partial charge < -0.3 is 31.5 Å². The first kappa shape index (κ1) is 33.2. The first-order valence-corrected chi connectivity index (χ1v) is 12.4. The molecule has 0 unspecified atom stereocenters. The summed E-state index contributed by atoms with van der Waals surface area (Å²) in [7, 11) is 8.35. The van der Waals surface area contributed by atoms with E-state index < -0.39 is 0 Å². The van der Waals surface area contributed by atoms with Gasteiger partial charge in [-0.3, -0.25) is 11.8 Å². The van der Waals surface area contributed by atoms with E-state index >= 15 is 0 Å². The van der Waals surface area contributed by atoms with Gasteiger partial charge in [0.25, 0.3) is 0 Å². The summed E-state index contributed by atoms with van der Waals surface area (Å²) in [4.78, 5) is 4.36. The van der Waals surface area contributed by atoms with Crippen LogP contribution in [-0.2, 0) is 44.8 Å². The number of fused-ring (bicyclic) bond motifs is 6. The minimum atomic E-state index is 0. The summed E-state index contributed by atoms with van der Waals surface area (Å²) in [6.07, 6.45) is 14.2. The van der Waals surface area contributed by atoms with E-state index in [4.69, 9.17) is 21.7 Å². The van der Waals surface area contributed by atoms with Crippen molar-refractivity contribution >= 4 is 43.9 Å².